The van der Waals surface area contributed by atoms with E-state index >= 15 is 0 Å². The van der Waals surface area contributed by atoms with Crippen LogP contribution in [-0.2, 0) is 0 Å². The number of aryl methyl sites for hydroxylation is 10. The molecular formula is C75H96O12. The van der Waals surface area contributed by atoms with Gasteiger partial charge in [-0.1, -0.05) is 132 Å². The van der Waals surface area contributed by atoms with Crippen LogP contribution in [0.4, 0.5) is 0 Å². The molecule has 12 N–H and O–H groups in total. The summed E-state index contributed by atoms with van der Waals surface area (Å²) >= 11 is 0. The Kier molecular flexibility index (Phi) is 32.8. The third-order valence-electron chi connectivity index (χ3n) is 13.8. The minimum Gasteiger partial charge on any atom is -0.508 e. The van der Waals surface area contributed by atoms with Gasteiger partial charge in [0.15, 0.2) is 34.5 Å². The van der Waals surface area contributed by atoms with Gasteiger partial charge in [-0.15, -0.1) is 0 Å². The molecule has 87 heavy (non-hydrogen) atoms. The van der Waals surface area contributed by atoms with E-state index in [0.29, 0.717) is 52.3 Å². The first-order valence-corrected chi connectivity index (χ1v) is 28.7. The normalized spacial score (nSPS) is 9.90. The third-order valence-corrected chi connectivity index (χ3v) is 13.8. The van der Waals surface area contributed by atoms with Crippen LogP contribution in [0.3, 0.4) is 0 Å². The summed E-state index contributed by atoms with van der Waals surface area (Å²) in [4.78, 5) is 0. The highest BCUT2D eigenvalue weighted by molar-refractivity contribution is 5.44. The third kappa shape index (κ3) is 28.8. The Hall–Kier alpha value is -9.42. The zero-order valence-electron chi connectivity index (χ0n) is 54.2. The Balaban J connectivity index is 0.000000490. The maximum atomic E-state index is 9.10. The fourth-order valence-electron chi connectivity index (χ4n) is 7.23. The standard InChI is InChI=1S/3C9H12O2.6C8H10O/c3*1-6(2)7-3-4-8(10)9(11)5-7;2*1-6-3-4-8(9)5-7(6)2;2*1-6-3-4-8(9)7(2)5-6;2*1-6-4-3-5-8(9)7(6)2/h3*3-6,10-11H,1-2H3;6*3-5,9H,1-2H3. The number of phenols is 12. The molecule has 0 fully saturated rings. The molecule has 9 rings (SSSR count). The molecule has 0 unspecified atom stereocenters. The Morgan fingerprint density at radius 1 is 0.207 bits per heavy atom. The van der Waals surface area contributed by atoms with Crippen molar-refractivity contribution < 1.29 is 61.3 Å². The van der Waals surface area contributed by atoms with Crippen molar-refractivity contribution in [2.45, 2.75) is 142 Å². The van der Waals surface area contributed by atoms with Gasteiger partial charge in [-0.2, -0.15) is 0 Å². The predicted octanol–water partition coefficient (Wildman–Crippen LogP) is 18.7. The summed E-state index contributed by atoms with van der Waals surface area (Å²) in [5, 5.41) is 108. The monoisotopic (exact) mass is 1190 g/mol. The maximum Gasteiger partial charge on any atom is 0.157 e. The molecule has 0 saturated heterocycles. The molecule has 9 aromatic rings. The average molecular weight is 1190 g/mol. The summed E-state index contributed by atoms with van der Waals surface area (Å²) in [7, 11) is 0. The van der Waals surface area contributed by atoms with Crippen molar-refractivity contribution in [2.24, 2.45) is 0 Å². The van der Waals surface area contributed by atoms with E-state index in [1.807, 2.05) is 185 Å². The van der Waals surface area contributed by atoms with E-state index in [9.17, 15) is 0 Å². The van der Waals surface area contributed by atoms with Gasteiger partial charge < -0.3 is 61.3 Å². The first-order chi connectivity index (χ1) is 40.6. The van der Waals surface area contributed by atoms with Crippen LogP contribution in [0.1, 0.15) is 143 Å². The molecule has 0 aromatic heterocycles. The fraction of sp³-hybridized carbons (Fsp3) is 0.280. The lowest BCUT2D eigenvalue weighted by Crippen LogP contribution is -1.85. The minimum absolute atomic E-state index is 0.0452. The molecule has 0 bridgehead atoms. The van der Waals surface area contributed by atoms with E-state index in [1.165, 1.54) is 40.5 Å². The van der Waals surface area contributed by atoms with Crippen molar-refractivity contribution in [2.75, 3.05) is 0 Å². The van der Waals surface area contributed by atoms with Gasteiger partial charge in [0.05, 0.1) is 0 Å². The molecule has 468 valence electrons. The van der Waals surface area contributed by atoms with Gasteiger partial charge in [0.2, 0.25) is 0 Å². The van der Waals surface area contributed by atoms with E-state index < -0.39 is 0 Å². The number of hydrogen-bond acceptors (Lipinski definition) is 12. The molecule has 0 heterocycles. The van der Waals surface area contributed by atoms with Gasteiger partial charge in [0.25, 0.3) is 0 Å². The van der Waals surface area contributed by atoms with Crippen molar-refractivity contribution in [3.63, 3.8) is 0 Å². The first kappa shape index (κ1) is 75.6. The largest absolute Gasteiger partial charge is 0.508 e. The highest BCUT2D eigenvalue weighted by atomic mass is 16.3. The summed E-state index contributed by atoms with van der Waals surface area (Å²) < 4.78 is 0. The number of phenolic OH excluding ortho intramolecular Hbond substituents is 12. The molecule has 0 saturated carbocycles. The molecule has 12 nitrogen and oxygen atoms in total. The van der Waals surface area contributed by atoms with E-state index in [0.717, 1.165) is 61.2 Å². The van der Waals surface area contributed by atoms with Crippen molar-refractivity contribution in [3.05, 3.63) is 247 Å². The number of hydrogen-bond donors (Lipinski definition) is 12. The molecule has 0 aliphatic rings. The summed E-state index contributed by atoms with van der Waals surface area (Å²) in [5.74, 6) is 3.02. The van der Waals surface area contributed by atoms with E-state index in [-0.39, 0.29) is 34.5 Å². The number of aromatic hydroxyl groups is 12. The van der Waals surface area contributed by atoms with Gasteiger partial charge >= 0.3 is 0 Å². The molecule has 0 spiro atoms. The van der Waals surface area contributed by atoms with Gasteiger partial charge in [-0.25, -0.2) is 0 Å². The molecule has 12 heteroatoms. The Labute approximate surface area is 517 Å². The van der Waals surface area contributed by atoms with Crippen LogP contribution in [0.15, 0.2) is 164 Å². The lowest BCUT2D eigenvalue weighted by molar-refractivity contribution is 0.403. The summed E-state index contributed by atoms with van der Waals surface area (Å²) in [6, 6.07) is 47.6. The van der Waals surface area contributed by atoms with Crippen LogP contribution in [0.25, 0.3) is 0 Å². The van der Waals surface area contributed by atoms with E-state index in [2.05, 4.69) is 0 Å². The van der Waals surface area contributed by atoms with Gasteiger partial charge in [0.1, 0.15) is 34.5 Å². The van der Waals surface area contributed by atoms with Crippen LogP contribution in [0, 0.1) is 83.1 Å². The summed E-state index contributed by atoms with van der Waals surface area (Å²) in [6.45, 7) is 35.8. The lowest BCUT2D eigenvalue weighted by Gasteiger charge is -2.05. The topological polar surface area (TPSA) is 243 Å². The maximum absolute atomic E-state index is 9.10. The highest BCUT2D eigenvalue weighted by Gasteiger charge is 2.06. The molecule has 0 amide bonds. The highest BCUT2D eigenvalue weighted by Crippen LogP contribution is 2.31. The number of rotatable bonds is 3. The lowest BCUT2D eigenvalue weighted by atomic mass is 10.0. The Morgan fingerprint density at radius 3 is 0.678 bits per heavy atom. The van der Waals surface area contributed by atoms with Crippen molar-refractivity contribution >= 4 is 0 Å². The smallest absolute Gasteiger partial charge is 0.157 e. The quantitative estimate of drug-likeness (QED) is 0.0740. The minimum atomic E-state index is -0.0607. The zero-order chi connectivity index (χ0) is 66.4. The number of benzene rings is 9. The van der Waals surface area contributed by atoms with Crippen LogP contribution < -0.4 is 0 Å². The van der Waals surface area contributed by atoms with Crippen molar-refractivity contribution in [1.29, 1.82) is 0 Å². The van der Waals surface area contributed by atoms with Gasteiger partial charge in [-0.3, -0.25) is 0 Å². The van der Waals surface area contributed by atoms with Crippen molar-refractivity contribution in [1.82, 2.24) is 0 Å². The van der Waals surface area contributed by atoms with Crippen LogP contribution in [0.5, 0.6) is 69.0 Å². The summed E-state index contributed by atoms with van der Waals surface area (Å²) in [6.07, 6.45) is 0. The molecule has 9 aromatic carbocycles. The predicted molar refractivity (Wildman–Crippen MR) is 357 cm³/mol. The van der Waals surface area contributed by atoms with Gasteiger partial charge in [0, 0.05) is 0 Å². The van der Waals surface area contributed by atoms with Crippen LogP contribution in [0.2, 0.25) is 0 Å². The van der Waals surface area contributed by atoms with Crippen LogP contribution >= 0.6 is 0 Å². The Bertz CT molecular complexity index is 3100. The second kappa shape index (κ2) is 37.8. The molecule has 0 aliphatic heterocycles. The van der Waals surface area contributed by atoms with E-state index in [1.54, 1.807) is 84.9 Å². The van der Waals surface area contributed by atoms with E-state index in [4.69, 9.17) is 61.3 Å². The zero-order valence-corrected chi connectivity index (χ0v) is 54.2. The van der Waals surface area contributed by atoms with Crippen molar-refractivity contribution in [3.8, 4) is 69.0 Å². The first-order valence-electron chi connectivity index (χ1n) is 28.7. The van der Waals surface area contributed by atoms with Crippen LogP contribution in [-0.4, -0.2) is 61.3 Å². The van der Waals surface area contributed by atoms with Gasteiger partial charge in [-0.05, 0) is 258 Å². The summed E-state index contributed by atoms with van der Waals surface area (Å²) in [5.41, 5.74) is 16.2. The molecule has 0 atom stereocenters. The fourth-order valence-corrected chi connectivity index (χ4v) is 7.23. The second-order valence-corrected chi connectivity index (χ2v) is 22.3. The Morgan fingerprint density at radius 2 is 0.483 bits per heavy atom. The second-order valence-electron chi connectivity index (χ2n) is 22.3. The molecule has 0 radical (unpaired) electrons. The average Bonchev–Trinajstić information content (AvgIpc) is 3.58. The molecular weight excluding hydrogens is 1090 g/mol. The molecule has 0 aliphatic carbocycles. The SMILES string of the molecule is CC(C)c1ccc(O)c(O)c1.CC(C)c1ccc(O)c(O)c1.CC(C)c1ccc(O)c(O)c1.Cc1ccc(O)c(C)c1.Cc1ccc(O)c(C)c1.Cc1ccc(O)cc1C.Cc1ccc(O)cc1C.Cc1cccc(O)c1C.Cc1cccc(O)c1C.